The molecule has 19 heavy (non-hydrogen) atoms. The average Bonchev–Trinajstić information content (AvgIpc) is 2.23. The zero-order valence-electron chi connectivity index (χ0n) is 14.0. The minimum atomic E-state index is -0.471. The van der Waals surface area contributed by atoms with E-state index >= 15 is 0 Å². The van der Waals surface area contributed by atoms with E-state index in [2.05, 4.69) is 46.4 Å². The molecule has 0 aromatic carbocycles. The molecule has 0 fully saturated rings. The number of hydrogen-bond donors (Lipinski definition) is 0. The van der Waals surface area contributed by atoms with Gasteiger partial charge in [-0.2, -0.15) is 0 Å². The first-order valence-corrected chi connectivity index (χ1v) is 7.35. The van der Waals surface area contributed by atoms with Crippen molar-refractivity contribution < 1.29 is 4.79 Å². The number of nitrogens with zero attached hydrogens (tertiary/aromatic N) is 2. The van der Waals surface area contributed by atoms with Gasteiger partial charge in [-0.15, -0.1) is 0 Å². The van der Waals surface area contributed by atoms with Crippen LogP contribution in [0.3, 0.4) is 0 Å². The smallest absolute Gasteiger partial charge is 0.251 e. The molecule has 1 aliphatic heterocycles. The summed E-state index contributed by atoms with van der Waals surface area (Å²) in [6, 6.07) is 0.318. The summed E-state index contributed by atoms with van der Waals surface area (Å²) < 4.78 is 0. The minimum absolute atomic E-state index is 0.189. The number of amides is 1. The van der Waals surface area contributed by atoms with Gasteiger partial charge in [0.25, 0.3) is 5.91 Å². The summed E-state index contributed by atoms with van der Waals surface area (Å²) in [6.45, 7) is 17.2. The molecule has 1 rings (SSSR count). The summed E-state index contributed by atoms with van der Waals surface area (Å²) in [6.07, 6.45) is 0. The molecule has 0 N–H and O–H groups in total. The summed E-state index contributed by atoms with van der Waals surface area (Å²) in [5, 5.41) is 0. The predicted octanol–water partition coefficient (Wildman–Crippen LogP) is 3.47. The van der Waals surface area contributed by atoms with Crippen molar-refractivity contribution in [2.24, 2.45) is 11.8 Å². The van der Waals surface area contributed by atoms with Crippen molar-refractivity contribution in [1.29, 1.82) is 0 Å². The van der Waals surface area contributed by atoms with Crippen LogP contribution in [0.4, 0.5) is 0 Å². The van der Waals surface area contributed by atoms with Crippen LogP contribution in [-0.4, -0.2) is 34.3 Å². The van der Waals surface area contributed by atoms with E-state index in [-0.39, 0.29) is 5.91 Å². The maximum Gasteiger partial charge on any atom is 0.251 e. The van der Waals surface area contributed by atoms with Crippen LogP contribution in [0.1, 0.15) is 55.4 Å². The van der Waals surface area contributed by atoms with Crippen molar-refractivity contribution in [1.82, 2.24) is 9.80 Å². The van der Waals surface area contributed by atoms with E-state index in [4.69, 9.17) is 0 Å². The van der Waals surface area contributed by atoms with Crippen LogP contribution in [0.2, 0.25) is 0 Å². The maximum absolute atomic E-state index is 12.7. The van der Waals surface area contributed by atoms with Crippen LogP contribution in [-0.2, 0) is 4.79 Å². The molecule has 1 heterocycles. The van der Waals surface area contributed by atoms with Gasteiger partial charge in [0, 0.05) is 24.5 Å². The number of allylic oxidation sites excluding steroid dienone is 2. The maximum atomic E-state index is 12.7. The molecule has 0 radical (unpaired) electrons. The second kappa shape index (κ2) is 5.18. The highest BCUT2D eigenvalue weighted by Gasteiger charge is 2.46. The van der Waals surface area contributed by atoms with Crippen molar-refractivity contribution >= 4 is 5.91 Å². The van der Waals surface area contributed by atoms with Crippen molar-refractivity contribution in [2.45, 2.75) is 67.0 Å². The molecule has 0 unspecified atom stereocenters. The largest absolute Gasteiger partial charge is 0.357 e. The Hall–Kier alpha value is -0.990. The number of likely N-dealkylation sites (N-methyl/N-ethyl adjacent to an activating group) is 1. The Labute approximate surface area is 118 Å². The van der Waals surface area contributed by atoms with Crippen LogP contribution in [0, 0.1) is 11.8 Å². The minimum Gasteiger partial charge on any atom is -0.357 e. The van der Waals surface area contributed by atoms with Crippen molar-refractivity contribution in [3.63, 3.8) is 0 Å². The van der Waals surface area contributed by atoms with E-state index in [9.17, 15) is 4.79 Å². The molecule has 1 aliphatic rings. The molecule has 0 atom stereocenters. The summed E-state index contributed by atoms with van der Waals surface area (Å²) in [5.41, 5.74) is 2.02. The summed E-state index contributed by atoms with van der Waals surface area (Å²) >= 11 is 0. The van der Waals surface area contributed by atoms with Crippen LogP contribution < -0.4 is 0 Å². The van der Waals surface area contributed by atoms with Gasteiger partial charge in [0.15, 0.2) is 0 Å². The molecule has 0 spiro atoms. The summed E-state index contributed by atoms with van der Waals surface area (Å²) in [7, 11) is 1.92. The fourth-order valence-corrected chi connectivity index (χ4v) is 3.40. The van der Waals surface area contributed by atoms with Gasteiger partial charge >= 0.3 is 0 Å². The molecule has 0 aromatic heterocycles. The molecule has 0 aromatic rings. The molecular weight excluding hydrogens is 236 g/mol. The first kappa shape index (κ1) is 16.1. The quantitative estimate of drug-likeness (QED) is 0.781. The second-order valence-electron chi connectivity index (χ2n) is 6.97. The standard InChI is InChI=1S/C16H30N2O/c1-10(2)13-14(11(3)4)18(12(5)6)16(7,8)15(19)17(13)9/h10-12H,1-9H3. The molecular formula is C16H30N2O. The normalized spacial score (nSPS) is 20.3. The Morgan fingerprint density at radius 3 is 1.63 bits per heavy atom. The predicted molar refractivity (Wildman–Crippen MR) is 80.5 cm³/mol. The Balaban J connectivity index is 3.58. The first-order valence-electron chi connectivity index (χ1n) is 7.35. The Kier molecular flexibility index (Phi) is 4.38. The number of carbonyl (C=O) groups is 1. The first-order chi connectivity index (χ1) is 8.53. The highest BCUT2D eigenvalue weighted by molar-refractivity contribution is 5.88. The third kappa shape index (κ3) is 2.52. The zero-order valence-corrected chi connectivity index (χ0v) is 14.0. The fourth-order valence-electron chi connectivity index (χ4n) is 3.40. The molecule has 110 valence electrons. The van der Waals surface area contributed by atoms with Crippen LogP contribution in [0.15, 0.2) is 11.4 Å². The van der Waals surface area contributed by atoms with Crippen LogP contribution in [0.5, 0.6) is 0 Å². The molecule has 1 amide bonds. The molecule has 0 saturated carbocycles. The van der Waals surface area contributed by atoms with E-state index in [0.29, 0.717) is 17.9 Å². The number of hydrogen-bond acceptors (Lipinski definition) is 2. The SMILES string of the molecule is CC(C)C1=C(C(C)C)N(C(C)C)C(C)(C)C(=O)N1C. The van der Waals surface area contributed by atoms with E-state index in [1.165, 1.54) is 11.4 Å². The highest BCUT2D eigenvalue weighted by Crippen LogP contribution is 2.39. The van der Waals surface area contributed by atoms with Gasteiger partial charge in [-0.1, -0.05) is 27.7 Å². The van der Waals surface area contributed by atoms with Gasteiger partial charge < -0.3 is 9.80 Å². The fraction of sp³-hybridized carbons (Fsp3) is 0.812. The molecule has 3 nitrogen and oxygen atoms in total. The van der Waals surface area contributed by atoms with Gasteiger partial charge in [-0.25, -0.2) is 0 Å². The highest BCUT2D eigenvalue weighted by atomic mass is 16.2. The number of carbonyl (C=O) groups excluding carboxylic acids is 1. The van der Waals surface area contributed by atoms with Gasteiger partial charge in [0.05, 0.1) is 0 Å². The summed E-state index contributed by atoms with van der Waals surface area (Å²) in [4.78, 5) is 16.9. The van der Waals surface area contributed by atoms with Crippen molar-refractivity contribution in [2.75, 3.05) is 7.05 Å². The van der Waals surface area contributed by atoms with Gasteiger partial charge in [0.1, 0.15) is 5.54 Å². The number of rotatable bonds is 3. The van der Waals surface area contributed by atoms with E-state index in [0.717, 1.165) is 0 Å². The van der Waals surface area contributed by atoms with E-state index in [1.54, 1.807) is 0 Å². The van der Waals surface area contributed by atoms with Gasteiger partial charge in [-0.3, -0.25) is 4.79 Å². The Morgan fingerprint density at radius 2 is 1.32 bits per heavy atom. The lowest BCUT2D eigenvalue weighted by molar-refractivity contribution is -0.143. The monoisotopic (exact) mass is 266 g/mol. The van der Waals surface area contributed by atoms with Crippen molar-refractivity contribution in [3.05, 3.63) is 11.4 Å². The summed E-state index contributed by atoms with van der Waals surface area (Å²) in [5.74, 6) is 0.952. The van der Waals surface area contributed by atoms with E-state index < -0.39 is 5.54 Å². The third-order valence-electron chi connectivity index (χ3n) is 3.92. The van der Waals surface area contributed by atoms with Crippen LogP contribution >= 0.6 is 0 Å². The van der Waals surface area contributed by atoms with Crippen LogP contribution in [0.25, 0.3) is 0 Å². The van der Waals surface area contributed by atoms with Gasteiger partial charge in [0.2, 0.25) is 0 Å². The lowest BCUT2D eigenvalue weighted by Crippen LogP contribution is -2.62. The van der Waals surface area contributed by atoms with E-state index in [1.807, 2.05) is 25.8 Å². The third-order valence-corrected chi connectivity index (χ3v) is 3.92. The lowest BCUT2D eigenvalue weighted by atomic mass is 9.87. The molecule has 0 saturated heterocycles. The molecule has 0 bridgehead atoms. The Bertz CT molecular complexity index is 392. The molecule has 3 heteroatoms. The van der Waals surface area contributed by atoms with Gasteiger partial charge in [-0.05, 0) is 39.5 Å². The topological polar surface area (TPSA) is 23.6 Å². The Morgan fingerprint density at radius 1 is 0.895 bits per heavy atom. The average molecular weight is 266 g/mol. The molecule has 0 aliphatic carbocycles. The second-order valence-corrected chi connectivity index (χ2v) is 6.97. The van der Waals surface area contributed by atoms with Crippen molar-refractivity contribution in [3.8, 4) is 0 Å². The zero-order chi connectivity index (χ0) is 15.1. The lowest BCUT2D eigenvalue weighted by Gasteiger charge is -2.52.